The molecule has 0 atom stereocenters. The van der Waals surface area contributed by atoms with Crippen LogP contribution in [0.1, 0.15) is 33.6 Å². The Morgan fingerprint density at radius 3 is 2.77 bits per heavy atom. The number of nitrogens with zero attached hydrogens (tertiary/aromatic N) is 1. The summed E-state index contributed by atoms with van der Waals surface area (Å²) in [6.45, 7) is 7.31. The van der Waals surface area contributed by atoms with Gasteiger partial charge in [-0.1, -0.05) is 6.92 Å². The van der Waals surface area contributed by atoms with E-state index in [9.17, 15) is 4.79 Å². The number of hydrogen-bond donors (Lipinski definition) is 0. The topological polar surface area (TPSA) is 20.3 Å². The summed E-state index contributed by atoms with van der Waals surface area (Å²) in [5.74, 6) is 2.49. The Morgan fingerprint density at radius 1 is 1.54 bits per heavy atom. The quantitative estimate of drug-likeness (QED) is 0.682. The van der Waals surface area contributed by atoms with Gasteiger partial charge in [0.1, 0.15) is 0 Å². The first-order chi connectivity index (χ1) is 6.08. The van der Waals surface area contributed by atoms with E-state index in [1.807, 2.05) is 16.7 Å². The fraction of sp³-hybridized carbons (Fsp3) is 0.900. The number of rotatable bonds is 2. The van der Waals surface area contributed by atoms with Crippen molar-refractivity contribution >= 4 is 17.7 Å². The van der Waals surface area contributed by atoms with Gasteiger partial charge in [-0.2, -0.15) is 11.8 Å². The molecule has 0 N–H and O–H groups in total. The monoisotopic (exact) mass is 201 g/mol. The summed E-state index contributed by atoms with van der Waals surface area (Å²) in [7, 11) is 0. The Morgan fingerprint density at radius 2 is 2.23 bits per heavy atom. The lowest BCUT2D eigenvalue weighted by molar-refractivity contribution is -0.135. The van der Waals surface area contributed by atoms with Gasteiger partial charge < -0.3 is 4.90 Å². The first-order valence-corrected chi connectivity index (χ1v) is 6.11. The maximum Gasteiger partial charge on any atom is 0.223 e. The van der Waals surface area contributed by atoms with Gasteiger partial charge in [0.2, 0.25) is 5.91 Å². The number of carbonyl (C=O) groups is 1. The normalized spacial score (nSPS) is 21.6. The highest BCUT2D eigenvalue weighted by Crippen LogP contribution is 2.26. The molecule has 0 saturated carbocycles. The Balaban J connectivity index is 2.59. The molecule has 0 radical (unpaired) electrons. The van der Waals surface area contributed by atoms with E-state index >= 15 is 0 Å². The maximum absolute atomic E-state index is 11.7. The van der Waals surface area contributed by atoms with Gasteiger partial charge in [0.05, 0.1) is 0 Å². The molecule has 1 amide bonds. The van der Waals surface area contributed by atoms with E-state index < -0.39 is 0 Å². The van der Waals surface area contributed by atoms with Crippen LogP contribution in [0.15, 0.2) is 0 Å². The van der Waals surface area contributed by atoms with E-state index in [0.29, 0.717) is 12.3 Å². The lowest BCUT2D eigenvalue weighted by atomic mass is 10.0. The standard InChI is InChI=1S/C10H19NOS/c1-4-5-9(12)11-6-7-13-8-10(11,2)3/h4-8H2,1-3H3. The molecule has 0 aromatic heterocycles. The van der Waals surface area contributed by atoms with Crippen molar-refractivity contribution in [2.24, 2.45) is 0 Å². The Kier molecular flexibility index (Phi) is 3.65. The average molecular weight is 201 g/mol. The largest absolute Gasteiger partial charge is 0.336 e. The molecular formula is C10H19NOS. The molecule has 1 heterocycles. The van der Waals surface area contributed by atoms with Crippen LogP contribution in [0.4, 0.5) is 0 Å². The molecule has 0 spiro atoms. The van der Waals surface area contributed by atoms with Crippen molar-refractivity contribution < 1.29 is 4.79 Å². The zero-order chi connectivity index (χ0) is 9.90. The average Bonchev–Trinajstić information content (AvgIpc) is 2.03. The van der Waals surface area contributed by atoms with Crippen LogP contribution in [0.2, 0.25) is 0 Å². The molecule has 3 heteroatoms. The maximum atomic E-state index is 11.7. The molecule has 1 rings (SSSR count). The second-order valence-corrected chi connectivity index (χ2v) is 5.27. The van der Waals surface area contributed by atoms with Gasteiger partial charge in [0.15, 0.2) is 0 Å². The van der Waals surface area contributed by atoms with E-state index in [1.54, 1.807) is 0 Å². The molecule has 76 valence electrons. The van der Waals surface area contributed by atoms with Crippen molar-refractivity contribution in [1.29, 1.82) is 0 Å². The van der Waals surface area contributed by atoms with Crippen molar-refractivity contribution in [3.63, 3.8) is 0 Å². The zero-order valence-electron chi connectivity index (χ0n) is 8.80. The molecule has 0 bridgehead atoms. The van der Waals surface area contributed by atoms with Gasteiger partial charge in [-0.05, 0) is 20.3 Å². The summed E-state index contributed by atoms with van der Waals surface area (Å²) in [6.07, 6.45) is 1.66. The smallest absolute Gasteiger partial charge is 0.223 e. The number of amides is 1. The third-order valence-electron chi connectivity index (χ3n) is 2.41. The third-order valence-corrected chi connectivity index (χ3v) is 3.79. The number of carbonyl (C=O) groups excluding carboxylic acids is 1. The van der Waals surface area contributed by atoms with Crippen LogP contribution in [0, 0.1) is 0 Å². The van der Waals surface area contributed by atoms with Crippen LogP contribution in [0.25, 0.3) is 0 Å². The molecule has 0 aromatic rings. The van der Waals surface area contributed by atoms with Crippen LogP contribution >= 0.6 is 11.8 Å². The summed E-state index contributed by atoms with van der Waals surface area (Å²) < 4.78 is 0. The van der Waals surface area contributed by atoms with Crippen LogP contribution in [0.3, 0.4) is 0 Å². The van der Waals surface area contributed by atoms with Gasteiger partial charge in [-0.3, -0.25) is 4.79 Å². The Labute approximate surface area is 85.1 Å². The first-order valence-electron chi connectivity index (χ1n) is 4.96. The third kappa shape index (κ3) is 2.63. The molecule has 2 nitrogen and oxygen atoms in total. The molecule has 1 aliphatic rings. The summed E-state index contributed by atoms with van der Waals surface area (Å²) in [5.41, 5.74) is 0.0647. The lowest BCUT2D eigenvalue weighted by Gasteiger charge is -2.42. The summed E-state index contributed by atoms with van der Waals surface area (Å²) in [4.78, 5) is 13.8. The van der Waals surface area contributed by atoms with Crippen molar-refractivity contribution in [2.45, 2.75) is 39.2 Å². The van der Waals surface area contributed by atoms with E-state index in [-0.39, 0.29) is 5.54 Å². The highest BCUT2D eigenvalue weighted by molar-refractivity contribution is 7.99. The fourth-order valence-corrected chi connectivity index (χ4v) is 2.78. The van der Waals surface area contributed by atoms with E-state index in [4.69, 9.17) is 0 Å². The SMILES string of the molecule is CCCC(=O)N1CCSCC1(C)C. The first kappa shape index (κ1) is 10.9. The molecule has 0 unspecified atom stereocenters. The molecule has 13 heavy (non-hydrogen) atoms. The van der Waals surface area contributed by atoms with Crippen molar-refractivity contribution in [3.8, 4) is 0 Å². The molecule has 0 aromatic carbocycles. The van der Waals surface area contributed by atoms with Crippen LogP contribution < -0.4 is 0 Å². The predicted molar refractivity (Wildman–Crippen MR) is 58.0 cm³/mol. The Bertz CT molecular complexity index is 191. The highest BCUT2D eigenvalue weighted by atomic mass is 32.2. The highest BCUT2D eigenvalue weighted by Gasteiger charge is 2.32. The number of thioether (sulfide) groups is 1. The second kappa shape index (κ2) is 4.36. The summed E-state index contributed by atoms with van der Waals surface area (Å²) in [5, 5.41) is 0. The molecule has 1 aliphatic heterocycles. The van der Waals surface area contributed by atoms with Crippen molar-refractivity contribution in [2.75, 3.05) is 18.1 Å². The summed E-state index contributed by atoms with van der Waals surface area (Å²) >= 11 is 1.95. The van der Waals surface area contributed by atoms with Gasteiger partial charge >= 0.3 is 0 Å². The molecule has 1 fully saturated rings. The van der Waals surface area contributed by atoms with E-state index in [0.717, 1.165) is 24.5 Å². The minimum atomic E-state index is 0.0647. The van der Waals surface area contributed by atoms with Crippen molar-refractivity contribution in [3.05, 3.63) is 0 Å². The number of hydrogen-bond acceptors (Lipinski definition) is 2. The lowest BCUT2D eigenvalue weighted by Crippen LogP contribution is -2.53. The van der Waals surface area contributed by atoms with Crippen LogP contribution in [-0.2, 0) is 4.79 Å². The van der Waals surface area contributed by atoms with Gasteiger partial charge in [-0.25, -0.2) is 0 Å². The predicted octanol–water partition coefficient (Wildman–Crippen LogP) is 2.14. The molecular weight excluding hydrogens is 182 g/mol. The van der Waals surface area contributed by atoms with E-state index in [2.05, 4.69) is 20.8 Å². The second-order valence-electron chi connectivity index (χ2n) is 4.16. The van der Waals surface area contributed by atoms with E-state index in [1.165, 1.54) is 0 Å². The minimum Gasteiger partial charge on any atom is -0.336 e. The van der Waals surface area contributed by atoms with Gasteiger partial charge in [0.25, 0.3) is 0 Å². The minimum absolute atomic E-state index is 0.0647. The van der Waals surface area contributed by atoms with Crippen molar-refractivity contribution in [1.82, 2.24) is 4.90 Å². The summed E-state index contributed by atoms with van der Waals surface area (Å²) in [6, 6.07) is 0. The van der Waals surface area contributed by atoms with Gasteiger partial charge in [0, 0.05) is 30.0 Å². The Hall–Kier alpha value is -0.180. The van der Waals surface area contributed by atoms with Crippen LogP contribution in [0.5, 0.6) is 0 Å². The fourth-order valence-electron chi connectivity index (χ4n) is 1.67. The zero-order valence-corrected chi connectivity index (χ0v) is 9.62. The molecule has 1 saturated heterocycles. The van der Waals surface area contributed by atoms with Gasteiger partial charge in [-0.15, -0.1) is 0 Å². The molecule has 0 aliphatic carbocycles. The van der Waals surface area contributed by atoms with Crippen LogP contribution in [-0.4, -0.2) is 34.4 Å².